The van der Waals surface area contributed by atoms with Crippen LogP contribution in [0.3, 0.4) is 0 Å². The SMILES string of the molecule is CC1=CCC(C(=O)Oc2ccc(-c3ccc(C)c(F)c3)nc2)CC1. The predicted octanol–water partition coefficient (Wildman–Crippen LogP) is 4.85. The van der Waals surface area contributed by atoms with Crippen LogP contribution in [0.1, 0.15) is 31.7 Å². The first kappa shape index (κ1) is 16.4. The summed E-state index contributed by atoms with van der Waals surface area (Å²) in [7, 11) is 0. The summed E-state index contributed by atoms with van der Waals surface area (Å²) in [5.41, 5.74) is 3.27. The minimum Gasteiger partial charge on any atom is -0.425 e. The van der Waals surface area contributed by atoms with E-state index >= 15 is 0 Å². The Hall–Kier alpha value is -2.49. The third kappa shape index (κ3) is 3.70. The van der Waals surface area contributed by atoms with Crippen molar-refractivity contribution in [3.05, 3.63) is 59.6 Å². The summed E-state index contributed by atoms with van der Waals surface area (Å²) in [6.45, 7) is 3.80. The number of hydrogen-bond donors (Lipinski definition) is 0. The second-order valence-corrected chi connectivity index (χ2v) is 6.29. The average Bonchev–Trinajstić information content (AvgIpc) is 2.58. The molecular formula is C20H20FNO2. The number of ether oxygens (including phenoxy) is 1. The van der Waals surface area contributed by atoms with Gasteiger partial charge in [-0.25, -0.2) is 4.39 Å². The minimum atomic E-state index is -0.259. The van der Waals surface area contributed by atoms with Crippen LogP contribution in [-0.2, 0) is 4.79 Å². The van der Waals surface area contributed by atoms with Gasteiger partial charge in [0, 0.05) is 5.56 Å². The second-order valence-electron chi connectivity index (χ2n) is 6.29. The molecule has 24 heavy (non-hydrogen) atoms. The molecule has 0 spiro atoms. The number of nitrogens with zero attached hydrogens (tertiary/aromatic N) is 1. The molecule has 1 atom stereocenters. The number of benzene rings is 1. The largest absolute Gasteiger partial charge is 0.425 e. The summed E-state index contributed by atoms with van der Waals surface area (Å²) >= 11 is 0. The van der Waals surface area contributed by atoms with Crippen molar-refractivity contribution in [2.45, 2.75) is 33.1 Å². The normalized spacial score (nSPS) is 17.3. The van der Waals surface area contributed by atoms with E-state index < -0.39 is 0 Å². The van der Waals surface area contributed by atoms with E-state index in [9.17, 15) is 9.18 Å². The molecule has 0 N–H and O–H groups in total. The number of aromatic nitrogens is 1. The smallest absolute Gasteiger partial charge is 0.314 e. The van der Waals surface area contributed by atoms with E-state index in [-0.39, 0.29) is 17.7 Å². The van der Waals surface area contributed by atoms with Gasteiger partial charge in [-0.1, -0.05) is 23.8 Å². The maximum Gasteiger partial charge on any atom is 0.314 e. The highest BCUT2D eigenvalue weighted by Crippen LogP contribution is 2.26. The van der Waals surface area contributed by atoms with Crippen LogP contribution < -0.4 is 4.74 Å². The zero-order valence-corrected chi connectivity index (χ0v) is 13.9. The standard InChI is InChI=1S/C20H20FNO2/c1-13-3-6-15(7-4-13)20(23)24-17-9-10-19(22-12-17)16-8-5-14(2)18(21)11-16/h3,5,8-12,15H,4,6-7H2,1-2H3. The molecule has 3 rings (SSSR count). The van der Waals surface area contributed by atoms with Gasteiger partial charge in [-0.15, -0.1) is 0 Å². The number of hydrogen-bond acceptors (Lipinski definition) is 3. The third-order valence-electron chi connectivity index (χ3n) is 4.39. The fourth-order valence-electron chi connectivity index (χ4n) is 2.74. The van der Waals surface area contributed by atoms with Gasteiger partial charge >= 0.3 is 5.97 Å². The maximum atomic E-state index is 13.6. The highest BCUT2D eigenvalue weighted by Gasteiger charge is 2.22. The van der Waals surface area contributed by atoms with Crippen molar-refractivity contribution in [1.82, 2.24) is 4.98 Å². The highest BCUT2D eigenvalue weighted by molar-refractivity contribution is 5.75. The summed E-state index contributed by atoms with van der Waals surface area (Å²) < 4.78 is 19.1. The van der Waals surface area contributed by atoms with E-state index in [0.29, 0.717) is 22.6 Å². The van der Waals surface area contributed by atoms with Crippen LogP contribution in [0.5, 0.6) is 5.75 Å². The van der Waals surface area contributed by atoms with Crippen molar-refractivity contribution in [1.29, 1.82) is 0 Å². The Morgan fingerprint density at radius 3 is 2.71 bits per heavy atom. The Morgan fingerprint density at radius 1 is 1.25 bits per heavy atom. The zero-order chi connectivity index (χ0) is 17.1. The van der Waals surface area contributed by atoms with Crippen molar-refractivity contribution >= 4 is 5.97 Å². The number of halogens is 1. The molecule has 0 saturated heterocycles. The quantitative estimate of drug-likeness (QED) is 0.598. The number of aryl methyl sites for hydroxylation is 1. The summed E-state index contributed by atoms with van der Waals surface area (Å²) in [6.07, 6.45) is 6.11. The van der Waals surface area contributed by atoms with Crippen LogP contribution in [0.2, 0.25) is 0 Å². The van der Waals surface area contributed by atoms with Gasteiger partial charge in [0.2, 0.25) is 0 Å². The zero-order valence-electron chi connectivity index (χ0n) is 13.9. The molecule has 4 heteroatoms. The molecule has 1 unspecified atom stereocenters. The molecule has 0 aliphatic heterocycles. The Morgan fingerprint density at radius 2 is 2.08 bits per heavy atom. The molecule has 2 aromatic rings. The van der Waals surface area contributed by atoms with Gasteiger partial charge in [-0.05, 0) is 56.9 Å². The summed E-state index contributed by atoms with van der Waals surface area (Å²) in [6, 6.07) is 8.43. The van der Waals surface area contributed by atoms with Gasteiger partial charge in [0.05, 0.1) is 17.8 Å². The Bertz CT molecular complexity index is 781. The van der Waals surface area contributed by atoms with Crippen molar-refractivity contribution < 1.29 is 13.9 Å². The number of carbonyl (C=O) groups is 1. The van der Waals surface area contributed by atoms with Crippen LogP contribution in [0.4, 0.5) is 4.39 Å². The van der Waals surface area contributed by atoms with Crippen molar-refractivity contribution in [2.75, 3.05) is 0 Å². The molecule has 0 fully saturated rings. The molecular weight excluding hydrogens is 305 g/mol. The molecule has 0 saturated carbocycles. The lowest BCUT2D eigenvalue weighted by atomic mass is 9.90. The molecule has 0 radical (unpaired) electrons. The van der Waals surface area contributed by atoms with Crippen LogP contribution in [0.25, 0.3) is 11.3 Å². The second kappa shape index (κ2) is 6.95. The molecule has 1 aliphatic carbocycles. The predicted molar refractivity (Wildman–Crippen MR) is 91.1 cm³/mol. The van der Waals surface area contributed by atoms with Gasteiger partial charge in [-0.2, -0.15) is 0 Å². The van der Waals surface area contributed by atoms with E-state index in [1.165, 1.54) is 17.8 Å². The lowest BCUT2D eigenvalue weighted by Crippen LogP contribution is -2.22. The molecule has 124 valence electrons. The molecule has 1 heterocycles. The third-order valence-corrected chi connectivity index (χ3v) is 4.39. The van der Waals surface area contributed by atoms with E-state index in [4.69, 9.17) is 4.74 Å². The van der Waals surface area contributed by atoms with Crippen molar-refractivity contribution in [3.8, 4) is 17.0 Å². The van der Waals surface area contributed by atoms with Crippen molar-refractivity contribution in [3.63, 3.8) is 0 Å². The number of carbonyl (C=O) groups excluding carboxylic acids is 1. The maximum absolute atomic E-state index is 13.6. The fraction of sp³-hybridized carbons (Fsp3) is 0.300. The fourth-order valence-corrected chi connectivity index (χ4v) is 2.74. The van der Waals surface area contributed by atoms with Crippen molar-refractivity contribution in [2.24, 2.45) is 5.92 Å². The highest BCUT2D eigenvalue weighted by atomic mass is 19.1. The van der Waals surface area contributed by atoms with Crippen LogP contribution in [0.15, 0.2) is 48.2 Å². The van der Waals surface area contributed by atoms with Gasteiger partial charge in [0.15, 0.2) is 0 Å². The summed E-state index contributed by atoms with van der Waals surface area (Å²) in [5, 5.41) is 0. The average molecular weight is 325 g/mol. The Kier molecular flexibility index (Phi) is 4.74. The van der Waals surface area contributed by atoms with E-state index in [1.54, 1.807) is 25.1 Å². The van der Waals surface area contributed by atoms with Crippen LogP contribution in [0, 0.1) is 18.7 Å². The van der Waals surface area contributed by atoms with Crippen LogP contribution in [-0.4, -0.2) is 11.0 Å². The number of allylic oxidation sites excluding steroid dienone is 2. The van der Waals surface area contributed by atoms with E-state index in [2.05, 4.69) is 18.0 Å². The number of rotatable bonds is 3. The first-order valence-electron chi connectivity index (χ1n) is 8.13. The number of esters is 1. The lowest BCUT2D eigenvalue weighted by Gasteiger charge is -2.18. The molecule has 0 bridgehead atoms. The summed E-state index contributed by atoms with van der Waals surface area (Å²) in [4.78, 5) is 16.5. The van der Waals surface area contributed by atoms with Gasteiger partial charge in [-0.3, -0.25) is 9.78 Å². The van der Waals surface area contributed by atoms with Crippen LogP contribution >= 0.6 is 0 Å². The van der Waals surface area contributed by atoms with Gasteiger partial charge in [0.25, 0.3) is 0 Å². The van der Waals surface area contributed by atoms with Gasteiger partial charge in [0.1, 0.15) is 11.6 Å². The Labute approximate surface area is 141 Å². The first-order chi connectivity index (χ1) is 11.5. The topological polar surface area (TPSA) is 39.2 Å². The number of pyridine rings is 1. The molecule has 1 aromatic heterocycles. The monoisotopic (exact) mass is 325 g/mol. The molecule has 1 aromatic carbocycles. The van der Waals surface area contributed by atoms with E-state index in [0.717, 1.165) is 19.3 Å². The molecule has 1 aliphatic rings. The molecule has 0 amide bonds. The first-order valence-corrected chi connectivity index (χ1v) is 8.13. The molecule has 3 nitrogen and oxygen atoms in total. The summed E-state index contributed by atoms with van der Waals surface area (Å²) in [5.74, 6) is -0.137. The van der Waals surface area contributed by atoms with E-state index in [1.807, 2.05) is 6.07 Å². The lowest BCUT2D eigenvalue weighted by molar-refractivity contribution is -0.139. The van der Waals surface area contributed by atoms with Gasteiger partial charge < -0.3 is 4.74 Å². The Balaban J connectivity index is 1.68. The minimum absolute atomic E-state index is 0.0837.